The van der Waals surface area contributed by atoms with Gasteiger partial charge < -0.3 is 0 Å². The Hall–Kier alpha value is -3.26. The Morgan fingerprint density at radius 3 is 2.44 bits per heavy atom. The molecule has 0 aliphatic carbocycles. The number of aryl methyl sites for hydroxylation is 1. The number of aliphatic imine (C=N–C) groups is 1. The zero-order valence-electron chi connectivity index (χ0n) is 19.2. The van der Waals surface area contributed by atoms with Gasteiger partial charge >= 0.3 is 0 Å². The molecule has 1 atom stereocenters. The van der Waals surface area contributed by atoms with E-state index in [1.165, 1.54) is 22.1 Å². The Balaban J connectivity index is 1.73. The second-order valence-electron chi connectivity index (χ2n) is 8.07. The van der Waals surface area contributed by atoms with Gasteiger partial charge in [-0.2, -0.15) is 10.2 Å². The number of hydrogen-bond acceptors (Lipinski definition) is 7. The van der Waals surface area contributed by atoms with Gasteiger partial charge in [0.1, 0.15) is 4.90 Å². The number of guanidine groups is 1. The molecule has 0 bridgehead atoms. The molecule has 1 aliphatic heterocycles. The minimum atomic E-state index is -4.09. The van der Waals surface area contributed by atoms with Crippen molar-refractivity contribution in [3.63, 3.8) is 0 Å². The average molecular weight is 550 g/mol. The van der Waals surface area contributed by atoms with Crippen LogP contribution in [0, 0.1) is 0 Å². The molecule has 2 aromatic carbocycles. The number of nitrogens with two attached hydrogens (primary N) is 1. The lowest BCUT2D eigenvalue weighted by Crippen LogP contribution is -2.41. The molecule has 1 aromatic heterocycles. The number of aromatic nitrogens is 2. The zero-order valence-corrected chi connectivity index (χ0v) is 21.6. The third-order valence-corrected chi connectivity index (χ3v) is 7.64. The van der Waals surface area contributed by atoms with E-state index < -0.39 is 25.8 Å². The number of primary sulfonamides is 1. The van der Waals surface area contributed by atoms with Gasteiger partial charge in [-0.25, -0.2) is 36.7 Å². The van der Waals surface area contributed by atoms with Crippen LogP contribution in [0.5, 0.6) is 0 Å². The van der Waals surface area contributed by atoms with Crippen LogP contribution in [0.4, 0.5) is 0 Å². The predicted octanol–water partition coefficient (Wildman–Crippen LogP) is 1.50. The van der Waals surface area contributed by atoms with E-state index in [0.717, 1.165) is 11.1 Å². The van der Waals surface area contributed by atoms with E-state index in [-0.39, 0.29) is 29.9 Å². The first-order valence-corrected chi connectivity index (χ1v) is 14.3. The van der Waals surface area contributed by atoms with Gasteiger partial charge in [-0.1, -0.05) is 54.1 Å². The molecule has 36 heavy (non-hydrogen) atoms. The fourth-order valence-corrected chi connectivity index (χ4v) is 5.10. The van der Waals surface area contributed by atoms with E-state index in [4.69, 9.17) is 21.8 Å². The Kier molecular flexibility index (Phi) is 7.45. The van der Waals surface area contributed by atoms with E-state index in [2.05, 4.69) is 14.8 Å². The normalized spacial score (nSPS) is 16.8. The molecule has 4 rings (SSSR count). The number of nitrogens with one attached hydrogen (secondary N) is 1. The van der Waals surface area contributed by atoms with Crippen LogP contribution in [-0.4, -0.2) is 62.1 Å². The number of halogens is 1. The minimum absolute atomic E-state index is 0.0788. The molecule has 0 spiro atoms. The first kappa shape index (κ1) is 25.8. The lowest BCUT2D eigenvalue weighted by Gasteiger charge is -2.19. The van der Waals surface area contributed by atoms with Crippen LogP contribution in [-0.2, 0) is 27.1 Å². The van der Waals surface area contributed by atoms with Gasteiger partial charge in [0.15, 0.2) is 0 Å². The van der Waals surface area contributed by atoms with Crippen molar-refractivity contribution in [3.05, 3.63) is 83.1 Å². The fourth-order valence-electron chi connectivity index (χ4n) is 3.62. The highest BCUT2D eigenvalue weighted by Gasteiger charge is 2.33. The molecule has 2 heterocycles. The molecule has 3 N–H and O–H groups in total. The number of sulfonamides is 2. The summed E-state index contributed by atoms with van der Waals surface area (Å²) in [7, 11) is -6.31. The summed E-state index contributed by atoms with van der Waals surface area (Å²) in [5.41, 5.74) is 2.44. The van der Waals surface area contributed by atoms with Gasteiger partial charge in [-0.15, -0.1) is 0 Å². The average Bonchev–Trinajstić information content (AvgIpc) is 3.46. The first-order valence-electron chi connectivity index (χ1n) is 10.8. The number of benzene rings is 2. The summed E-state index contributed by atoms with van der Waals surface area (Å²) in [6.07, 6.45) is 2.53. The number of nitrogens with zero attached hydrogens (tertiary/aromatic N) is 5. The van der Waals surface area contributed by atoms with E-state index in [1.54, 1.807) is 19.2 Å². The molecule has 14 heteroatoms. The molecule has 1 aliphatic rings. The van der Waals surface area contributed by atoms with Crippen LogP contribution in [0.15, 0.2) is 82.0 Å². The lowest BCUT2D eigenvalue weighted by molar-refractivity contribution is 0.461. The van der Waals surface area contributed by atoms with Crippen LogP contribution >= 0.6 is 11.6 Å². The molecular formula is C22H24ClN7O4S2. The summed E-state index contributed by atoms with van der Waals surface area (Å²) in [6, 6.07) is 16.8. The van der Waals surface area contributed by atoms with Gasteiger partial charge in [-0.05, 0) is 23.3 Å². The highest BCUT2D eigenvalue weighted by Crippen LogP contribution is 2.29. The molecule has 0 saturated carbocycles. The standard InChI is InChI=1S/C22H24ClN7O4S2/c1-29-14-19(13-26-29)36(33,34)28-22(25-11-12-35(24,31)32)30-15-20(16-5-3-2-4-6-16)21(27-30)17-7-9-18(23)10-8-17/h2-10,13-14,20H,11-12,15H2,1H3,(H,25,28)(H2,24,31,32)/t20-/m0/s1. The third kappa shape index (κ3) is 6.29. The largest absolute Gasteiger partial charge is 0.274 e. The monoisotopic (exact) mass is 549 g/mol. The van der Waals surface area contributed by atoms with Crippen molar-refractivity contribution in [1.82, 2.24) is 19.5 Å². The topological polar surface area (TPSA) is 152 Å². The summed E-state index contributed by atoms with van der Waals surface area (Å²) < 4.78 is 52.8. The van der Waals surface area contributed by atoms with Crippen molar-refractivity contribution < 1.29 is 16.8 Å². The Morgan fingerprint density at radius 1 is 1.14 bits per heavy atom. The summed E-state index contributed by atoms with van der Waals surface area (Å²) in [4.78, 5) is 4.14. The van der Waals surface area contributed by atoms with Gasteiger partial charge in [0, 0.05) is 24.2 Å². The molecular weight excluding hydrogens is 526 g/mol. The Bertz CT molecular complexity index is 1500. The molecule has 0 radical (unpaired) electrons. The molecule has 0 saturated heterocycles. The summed E-state index contributed by atoms with van der Waals surface area (Å²) >= 11 is 6.07. The van der Waals surface area contributed by atoms with Crippen molar-refractivity contribution in [1.29, 1.82) is 0 Å². The first-order chi connectivity index (χ1) is 17.0. The van der Waals surface area contributed by atoms with Crippen LogP contribution in [0.1, 0.15) is 17.0 Å². The summed E-state index contributed by atoms with van der Waals surface area (Å²) in [6.45, 7) is -0.00618. The van der Waals surface area contributed by atoms with E-state index >= 15 is 0 Å². The number of hydrazone groups is 1. The predicted molar refractivity (Wildman–Crippen MR) is 138 cm³/mol. The maximum Gasteiger partial charge on any atom is 0.267 e. The second kappa shape index (κ2) is 10.4. The maximum atomic E-state index is 13.0. The minimum Gasteiger partial charge on any atom is -0.274 e. The number of hydrogen-bond donors (Lipinski definition) is 2. The van der Waals surface area contributed by atoms with Gasteiger partial charge in [0.2, 0.25) is 16.0 Å². The van der Waals surface area contributed by atoms with Crippen LogP contribution in [0.2, 0.25) is 5.02 Å². The van der Waals surface area contributed by atoms with Crippen LogP contribution in [0.3, 0.4) is 0 Å². The van der Waals surface area contributed by atoms with E-state index in [9.17, 15) is 16.8 Å². The van der Waals surface area contributed by atoms with Crippen LogP contribution in [0.25, 0.3) is 0 Å². The van der Waals surface area contributed by atoms with Crippen molar-refractivity contribution >= 4 is 43.3 Å². The fraction of sp³-hybridized carbons (Fsp3) is 0.227. The van der Waals surface area contributed by atoms with Gasteiger partial charge in [-0.3, -0.25) is 4.68 Å². The lowest BCUT2D eigenvalue weighted by atomic mass is 9.91. The summed E-state index contributed by atoms with van der Waals surface area (Å²) in [5.74, 6) is -0.819. The molecule has 3 aromatic rings. The van der Waals surface area contributed by atoms with Crippen molar-refractivity contribution in [2.45, 2.75) is 10.8 Å². The van der Waals surface area contributed by atoms with Crippen molar-refractivity contribution in [2.24, 2.45) is 22.3 Å². The molecule has 11 nitrogen and oxygen atoms in total. The molecule has 190 valence electrons. The number of rotatable bonds is 7. The summed E-state index contributed by atoms with van der Waals surface area (Å²) in [5, 5.41) is 15.7. The highest BCUT2D eigenvalue weighted by molar-refractivity contribution is 7.90. The zero-order chi connectivity index (χ0) is 25.9. The highest BCUT2D eigenvalue weighted by atomic mass is 35.5. The van der Waals surface area contributed by atoms with Gasteiger partial charge in [0.05, 0.1) is 30.8 Å². The SMILES string of the molecule is Cn1cc(S(=O)(=O)NC(=NCCS(N)(=O)=O)N2C[C@@H](c3ccccc3)C(c3ccc(Cl)cc3)=N2)cn1. The van der Waals surface area contributed by atoms with E-state index in [0.29, 0.717) is 10.7 Å². The maximum absolute atomic E-state index is 13.0. The van der Waals surface area contributed by atoms with Crippen molar-refractivity contribution in [3.8, 4) is 0 Å². The van der Waals surface area contributed by atoms with Crippen LogP contribution < -0.4 is 9.86 Å². The van der Waals surface area contributed by atoms with Gasteiger partial charge in [0.25, 0.3) is 10.0 Å². The molecule has 0 unspecified atom stereocenters. The smallest absolute Gasteiger partial charge is 0.267 e. The quantitative estimate of drug-likeness (QED) is 0.336. The third-order valence-electron chi connectivity index (χ3n) is 5.35. The van der Waals surface area contributed by atoms with E-state index in [1.807, 2.05) is 42.5 Å². The molecule has 0 amide bonds. The molecule has 0 fully saturated rings. The Labute approximate surface area is 214 Å². The Morgan fingerprint density at radius 2 is 1.83 bits per heavy atom. The second-order valence-corrected chi connectivity index (χ2v) is 11.9. The van der Waals surface area contributed by atoms with Crippen molar-refractivity contribution in [2.75, 3.05) is 18.8 Å².